The lowest BCUT2D eigenvalue weighted by molar-refractivity contribution is 0.0659. The maximum atomic E-state index is 9.21. The number of aryl methyl sites for hydroxylation is 1. The van der Waals surface area contributed by atoms with E-state index in [0.717, 1.165) is 63.5 Å². The van der Waals surface area contributed by atoms with Crippen molar-refractivity contribution in [2.75, 3.05) is 19.8 Å². The molecule has 1 fully saturated rings. The maximum Gasteiger partial charge on any atom is 0.151 e. The average Bonchev–Trinajstić information content (AvgIpc) is 2.80. The summed E-state index contributed by atoms with van der Waals surface area (Å²) in [6.07, 6.45) is 5.22. The fraction of sp³-hybridized carbons (Fsp3) is 0.846. The van der Waals surface area contributed by atoms with Crippen LogP contribution >= 0.6 is 0 Å². The van der Waals surface area contributed by atoms with Crippen LogP contribution in [0.25, 0.3) is 0 Å². The number of rotatable bonds is 3. The standard InChI is InChI=1S/C13H21N3O2/c17-9-11-1-2-13-14-12(15-16(13)8-11)7-10-3-5-18-6-4-10/h10-11,17H,1-9H2. The van der Waals surface area contributed by atoms with Crippen LogP contribution in [0.3, 0.4) is 0 Å². The van der Waals surface area contributed by atoms with Gasteiger partial charge in [0.1, 0.15) is 5.82 Å². The topological polar surface area (TPSA) is 60.2 Å². The third-order valence-corrected chi connectivity index (χ3v) is 4.07. The third-order valence-electron chi connectivity index (χ3n) is 4.07. The molecule has 5 nitrogen and oxygen atoms in total. The van der Waals surface area contributed by atoms with Gasteiger partial charge in [-0.2, -0.15) is 5.10 Å². The van der Waals surface area contributed by atoms with Gasteiger partial charge in [-0.1, -0.05) is 0 Å². The zero-order chi connectivity index (χ0) is 12.4. The molecule has 0 aromatic carbocycles. The minimum atomic E-state index is 0.259. The van der Waals surface area contributed by atoms with Crippen LogP contribution in [-0.2, 0) is 24.1 Å². The van der Waals surface area contributed by atoms with E-state index in [4.69, 9.17) is 4.74 Å². The molecule has 1 saturated heterocycles. The lowest BCUT2D eigenvalue weighted by Crippen LogP contribution is -2.23. The van der Waals surface area contributed by atoms with Gasteiger partial charge in [0.25, 0.3) is 0 Å². The van der Waals surface area contributed by atoms with Crippen molar-refractivity contribution >= 4 is 0 Å². The number of fused-ring (bicyclic) bond motifs is 1. The molecular formula is C13H21N3O2. The number of hydrogen-bond donors (Lipinski definition) is 1. The first-order valence-corrected chi connectivity index (χ1v) is 6.96. The Morgan fingerprint density at radius 3 is 2.83 bits per heavy atom. The van der Waals surface area contributed by atoms with Crippen LogP contribution in [0.4, 0.5) is 0 Å². The zero-order valence-electron chi connectivity index (χ0n) is 10.7. The number of ether oxygens (including phenoxy) is 1. The molecule has 1 unspecified atom stereocenters. The van der Waals surface area contributed by atoms with Crippen LogP contribution in [0.5, 0.6) is 0 Å². The second kappa shape index (κ2) is 5.36. The molecule has 18 heavy (non-hydrogen) atoms. The molecule has 1 aromatic rings. The molecule has 1 N–H and O–H groups in total. The minimum absolute atomic E-state index is 0.259. The van der Waals surface area contributed by atoms with Crippen LogP contribution < -0.4 is 0 Å². The number of nitrogens with zero attached hydrogens (tertiary/aromatic N) is 3. The molecule has 1 atom stereocenters. The molecule has 0 spiro atoms. The van der Waals surface area contributed by atoms with Gasteiger partial charge in [-0.25, -0.2) is 9.67 Å². The van der Waals surface area contributed by atoms with Gasteiger partial charge in [0.2, 0.25) is 0 Å². The molecule has 3 heterocycles. The van der Waals surface area contributed by atoms with Crippen molar-refractivity contribution in [3.63, 3.8) is 0 Å². The lowest BCUT2D eigenvalue weighted by atomic mass is 9.96. The number of aliphatic hydroxyl groups excluding tert-OH is 1. The lowest BCUT2D eigenvalue weighted by Gasteiger charge is -2.20. The van der Waals surface area contributed by atoms with E-state index >= 15 is 0 Å². The smallest absolute Gasteiger partial charge is 0.151 e. The first kappa shape index (κ1) is 12.1. The Balaban J connectivity index is 1.65. The van der Waals surface area contributed by atoms with Crippen LogP contribution in [0, 0.1) is 11.8 Å². The molecule has 2 aliphatic rings. The Hall–Kier alpha value is -0.940. The first-order valence-electron chi connectivity index (χ1n) is 6.96. The molecule has 0 bridgehead atoms. The molecule has 100 valence electrons. The van der Waals surface area contributed by atoms with Crippen LogP contribution in [0.1, 0.15) is 30.9 Å². The molecular weight excluding hydrogens is 230 g/mol. The highest BCUT2D eigenvalue weighted by molar-refractivity contribution is 4.98. The summed E-state index contributed by atoms with van der Waals surface area (Å²) in [5.41, 5.74) is 0. The van der Waals surface area contributed by atoms with Crippen molar-refractivity contribution in [1.29, 1.82) is 0 Å². The van der Waals surface area contributed by atoms with Crippen LogP contribution in [-0.4, -0.2) is 39.7 Å². The van der Waals surface area contributed by atoms with E-state index in [0.29, 0.717) is 11.8 Å². The maximum absolute atomic E-state index is 9.21. The Morgan fingerprint density at radius 1 is 1.22 bits per heavy atom. The van der Waals surface area contributed by atoms with E-state index in [1.807, 2.05) is 4.68 Å². The summed E-state index contributed by atoms with van der Waals surface area (Å²) in [4.78, 5) is 4.64. The molecule has 0 aliphatic carbocycles. The predicted molar refractivity (Wildman–Crippen MR) is 66.2 cm³/mol. The van der Waals surface area contributed by atoms with E-state index in [-0.39, 0.29) is 6.61 Å². The zero-order valence-corrected chi connectivity index (χ0v) is 10.7. The first-order chi connectivity index (χ1) is 8.85. The number of hydrogen-bond acceptors (Lipinski definition) is 4. The van der Waals surface area contributed by atoms with E-state index in [1.54, 1.807) is 0 Å². The highest BCUT2D eigenvalue weighted by Crippen LogP contribution is 2.21. The molecule has 2 aliphatic heterocycles. The summed E-state index contributed by atoms with van der Waals surface area (Å²) in [6, 6.07) is 0. The molecule has 0 amide bonds. The highest BCUT2D eigenvalue weighted by Gasteiger charge is 2.22. The fourth-order valence-electron chi connectivity index (χ4n) is 2.87. The number of aromatic nitrogens is 3. The Morgan fingerprint density at radius 2 is 2.06 bits per heavy atom. The Bertz CT molecular complexity index is 399. The molecule has 0 saturated carbocycles. The van der Waals surface area contributed by atoms with Crippen molar-refractivity contribution in [3.8, 4) is 0 Å². The minimum Gasteiger partial charge on any atom is -0.396 e. The van der Waals surface area contributed by atoms with Crippen LogP contribution in [0.15, 0.2) is 0 Å². The van der Waals surface area contributed by atoms with E-state index in [2.05, 4.69) is 10.1 Å². The van der Waals surface area contributed by atoms with E-state index in [9.17, 15) is 5.11 Å². The molecule has 3 rings (SSSR count). The predicted octanol–water partition coefficient (Wildman–Crippen LogP) is 0.802. The largest absolute Gasteiger partial charge is 0.396 e. The van der Waals surface area contributed by atoms with Gasteiger partial charge in [0.15, 0.2) is 5.82 Å². The monoisotopic (exact) mass is 251 g/mol. The summed E-state index contributed by atoms with van der Waals surface area (Å²) >= 11 is 0. The normalized spacial score (nSPS) is 25.1. The van der Waals surface area contributed by atoms with Crippen molar-refractivity contribution in [3.05, 3.63) is 11.6 Å². The van der Waals surface area contributed by atoms with E-state index in [1.165, 1.54) is 0 Å². The Kier molecular flexibility index (Phi) is 3.61. The third kappa shape index (κ3) is 2.57. The van der Waals surface area contributed by atoms with Crippen molar-refractivity contribution < 1.29 is 9.84 Å². The highest BCUT2D eigenvalue weighted by atomic mass is 16.5. The molecule has 5 heteroatoms. The quantitative estimate of drug-likeness (QED) is 0.863. The van der Waals surface area contributed by atoms with Gasteiger partial charge in [0, 0.05) is 45.1 Å². The summed E-state index contributed by atoms with van der Waals surface area (Å²) in [7, 11) is 0. The van der Waals surface area contributed by atoms with Gasteiger partial charge < -0.3 is 9.84 Å². The average molecular weight is 251 g/mol. The van der Waals surface area contributed by atoms with Crippen molar-refractivity contribution in [1.82, 2.24) is 14.8 Å². The van der Waals surface area contributed by atoms with Gasteiger partial charge in [-0.15, -0.1) is 0 Å². The Labute approximate surface area is 107 Å². The summed E-state index contributed by atoms with van der Waals surface area (Å²) in [5.74, 6) is 3.12. The van der Waals surface area contributed by atoms with E-state index < -0.39 is 0 Å². The fourth-order valence-corrected chi connectivity index (χ4v) is 2.87. The van der Waals surface area contributed by atoms with Gasteiger partial charge in [0.05, 0.1) is 0 Å². The summed E-state index contributed by atoms with van der Waals surface area (Å²) in [5, 5.41) is 13.8. The molecule has 0 radical (unpaired) electrons. The molecule has 1 aromatic heterocycles. The van der Waals surface area contributed by atoms with Crippen LogP contribution in [0.2, 0.25) is 0 Å². The van der Waals surface area contributed by atoms with Gasteiger partial charge >= 0.3 is 0 Å². The van der Waals surface area contributed by atoms with Gasteiger partial charge in [-0.05, 0) is 25.2 Å². The van der Waals surface area contributed by atoms with Crippen molar-refractivity contribution in [2.24, 2.45) is 11.8 Å². The summed E-state index contributed by atoms with van der Waals surface area (Å²) in [6.45, 7) is 2.84. The summed E-state index contributed by atoms with van der Waals surface area (Å²) < 4.78 is 7.37. The van der Waals surface area contributed by atoms with Gasteiger partial charge in [-0.3, -0.25) is 0 Å². The second-order valence-corrected chi connectivity index (χ2v) is 5.47. The SMILES string of the molecule is OCC1CCc2nc(CC3CCOCC3)nn2C1. The van der Waals surface area contributed by atoms with Crippen molar-refractivity contribution in [2.45, 2.75) is 38.6 Å². The number of aliphatic hydroxyl groups is 1. The second-order valence-electron chi connectivity index (χ2n) is 5.47.